The van der Waals surface area contributed by atoms with E-state index in [4.69, 9.17) is 22.1 Å². The molecule has 2 amide bonds. The largest absolute Gasteiger partial charge is 0.452 e. The number of benzene rings is 1. The molecule has 1 aromatic carbocycles. The van der Waals surface area contributed by atoms with Crippen LogP contribution in [0.25, 0.3) is 0 Å². The number of nitrogens with zero attached hydrogens (tertiary/aromatic N) is 1. The summed E-state index contributed by atoms with van der Waals surface area (Å²) in [7, 11) is 0. The molecule has 1 atom stereocenters. The molecule has 0 unspecified atom stereocenters. The third-order valence-electron chi connectivity index (χ3n) is 3.87. The van der Waals surface area contributed by atoms with Crippen LogP contribution in [0.15, 0.2) is 23.1 Å². The van der Waals surface area contributed by atoms with E-state index in [2.05, 4.69) is 0 Å². The molecule has 0 aliphatic carbocycles. The molecule has 2 rings (SSSR count). The van der Waals surface area contributed by atoms with Crippen molar-refractivity contribution in [3.05, 3.63) is 28.8 Å². The topological polar surface area (TPSA) is 89.7 Å². The molecule has 0 bridgehead atoms. The van der Waals surface area contributed by atoms with Crippen molar-refractivity contribution in [2.75, 3.05) is 19.4 Å². The number of hydrogen-bond acceptors (Lipinski definition) is 5. The fourth-order valence-electron chi connectivity index (χ4n) is 2.60. The monoisotopic (exact) mass is 370 g/mol. The zero-order chi connectivity index (χ0) is 17.7. The van der Waals surface area contributed by atoms with Crippen molar-refractivity contribution < 1.29 is 19.1 Å². The molecule has 1 fully saturated rings. The average Bonchev–Trinajstić information content (AvgIpc) is 2.59. The lowest BCUT2D eigenvalue weighted by atomic mass is 10.0. The van der Waals surface area contributed by atoms with Crippen molar-refractivity contribution >= 4 is 41.1 Å². The predicted molar refractivity (Wildman–Crippen MR) is 92.1 cm³/mol. The van der Waals surface area contributed by atoms with Crippen LogP contribution in [-0.2, 0) is 14.3 Å². The van der Waals surface area contributed by atoms with Gasteiger partial charge in [0.1, 0.15) is 6.04 Å². The Balaban J connectivity index is 2.00. The number of ether oxygens (including phenoxy) is 1. The molecule has 8 heteroatoms. The first-order valence-corrected chi connectivity index (χ1v) is 9.13. The fraction of sp³-hybridized carbons (Fsp3) is 0.438. The molecule has 130 valence electrons. The number of hydrogen-bond donors (Lipinski definition) is 1. The summed E-state index contributed by atoms with van der Waals surface area (Å²) < 4.78 is 5.08. The van der Waals surface area contributed by atoms with Crippen molar-refractivity contribution in [2.24, 2.45) is 5.73 Å². The quantitative estimate of drug-likeness (QED) is 0.633. The van der Waals surface area contributed by atoms with Crippen LogP contribution in [-0.4, -0.2) is 48.1 Å². The SMILES string of the molecule is CSc1ccc(Cl)c(C(=O)OCC(=O)N2CCCC[C@@H]2C(N)=O)c1. The van der Waals surface area contributed by atoms with Gasteiger partial charge in [-0.2, -0.15) is 0 Å². The van der Waals surface area contributed by atoms with Crippen molar-refractivity contribution in [3.8, 4) is 0 Å². The standard InChI is InChI=1S/C16H19ClN2O4S/c1-24-10-5-6-12(17)11(8-10)16(22)23-9-14(20)19-7-3-2-4-13(19)15(18)21/h5-6,8,13H,2-4,7,9H2,1H3,(H2,18,21)/t13-/m1/s1. The lowest BCUT2D eigenvalue weighted by molar-refractivity contribution is -0.143. The van der Waals surface area contributed by atoms with Gasteiger partial charge in [-0.05, 0) is 43.7 Å². The van der Waals surface area contributed by atoms with Gasteiger partial charge in [-0.3, -0.25) is 9.59 Å². The van der Waals surface area contributed by atoms with E-state index in [0.717, 1.165) is 17.7 Å². The first-order valence-electron chi connectivity index (χ1n) is 7.53. The molecule has 6 nitrogen and oxygen atoms in total. The van der Waals surface area contributed by atoms with E-state index >= 15 is 0 Å². The second-order valence-electron chi connectivity index (χ2n) is 5.42. The molecule has 1 heterocycles. The predicted octanol–water partition coefficient (Wildman–Crippen LogP) is 2.09. The molecule has 2 N–H and O–H groups in total. The Bertz CT molecular complexity index is 653. The number of halogens is 1. The summed E-state index contributed by atoms with van der Waals surface area (Å²) in [6.07, 6.45) is 4.05. The summed E-state index contributed by atoms with van der Waals surface area (Å²) >= 11 is 7.48. The average molecular weight is 371 g/mol. The Hall–Kier alpha value is -1.73. The number of primary amides is 1. The van der Waals surface area contributed by atoms with Crippen LogP contribution in [0.3, 0.4) is 0 Å². The van der Waals surface area contributed by atoms with Gasteiger partial charge in [0.25, 0.3) is 5.91 Å². The Morgan fingerprint density at radius 1 is 1.38 bits per heavy atom. The Morgan fingerprint density at radius 3 is 2.79 bits per heavy atom. The minimum atomic E-state index is -0.670. The molecule has 24 heavy (non-hydrogen) atoms. The van der Waals surface area contributed by atoms with Gasteiger partial charge in [-0.15, -0.1) is 11.8 Å². The summed E-state index contributed by atoms with van der Waals surface area (Å²) in [6.45, 7) is -0.00482. The van der Waals surface area contributed by atoms with Gasteiger partial charge in [-0.1, -0.05) is 11.6 Å². The molecule has 0 radical (unpaired) electrons. The molecule has 0 spiro atoms. The van der Waals surface area contributed by atoms with E-state index in [1.165, 1.54) is 16.7 Å². The third kappa shape index (κ3) is 4.42. The molecule has 1 aliphatic rings. The van der Waals surface area contributed by atoms with Crippen LogP contribution < -0.4 is 5.73 Å². The number of thioether (sulfide) groups is 1. The minimum Gasteiger partial charge on any atom is -0.452 e. The van der Waals surface area contributed by atoms with Gasteiger partial charge >= 0.3 is 5.97 Å². The lowest BCUT2D eigenvalue weighted by Crippen LogP contribution is -2.51. The Labute approximate surface area is 149 Å². The highest BCUT2D eigenvalue weighted by Crippen LogP contribution is 2.24. The van der Waals surface area contributed by atoms with Gasteiger partial charge < -0.3 is 15.4 Å². The Kier molecular flexibility index (Phi) is 6.51. The normalized spacial score (nSPS) is 17.4. The van der Waals surface area contributed by atoms with Crippen LogP contribution in [0.5, 0.6) is 0 Å². The number of esters is 1. The van der Waals surface area contributed by atoms with E-state index in [1.807, 2.05) is 6.26 Å². The molecular formula is C16H19ClN2O4S. The van der Waals surface area contributed by atoms with Gasteiger partial charge in [-0.25, -0.2) is 4.79 Å². The maximum atomic E-state index is 12.3. The van der Waals surface area contributed by atoms with Crippen LogP contribution in [0.4, 0.5) is 0 Å². The Morgan fingerprint density at radius 2 is 2.12 bits per heavy atom. The molecule has 0 saturated carbocycles. The van der Waals surface area contributed by atoms with E-state index < -0.39 is 30.4 Å². The second kappa shape index (κ2) is 8.39. The van der Waals surface area contributed by atoms with E-state index in [9.17, 15) is 14.4 Å². The number of piperidine rings is 1. The summed E-state index contributed by atoms with van der Waals surface area (Å²) in [5, 5.41) is 0.262. The fourth-order valence-corrected chi connectivity index (χ4v) is 3.24. The number of carbonyl (C=O) groups excluding carboxylic acids is 3. The van der Waals surface area contributed by atoms with Gasteiger partial charge in [0.2, 0.25) is 5.91 Å². The first kappa shape index (κ1) is 18.6. The summed E-state index contributed by atoms with van der Waals surface area (Å²) in [5.41, 5.74) is 5.54. The van der Waals surface area contributed by atoms with Crippen LogP contribution in [0, 0.1) is 0 Å². The number of nitrogens with two attached hydrogens (primary N) is 1. The smallest absolute Gasteiger partial charge is 0.340 e. The molecule has 0 aromatic heterocycles. The molecule has 1 aromatic rings. The van der Waals surface area contributed by atoms with Crippen LogP contribution in [0.2, 0.25) is 5.02 Å². The third-order valence-corrected chi connectivity index (χ3v) is 4.93. The number of rotatable bonds is 5. The van der Waals surface area contributed by atoms with Crippen molar-refractivity contribution in [1.82, 2.24) is 4.90 Å². The zero-order valence-corrected chi connectivity index (χ0v) is 14.9. The molecule has 1 aliphatic heterocycles. The lowest BCUT2D eigenvalue weighted by Gasteiger charge is -2.33. The second-order valence-corrected chi connectivity index (χ2v) is 6.71. The number of amides is 2. The summed E-state index contributed by atoms with van der Waals surface area (Å²) in [6, 6.07) is 4.39. The van der Waals surface area contributed by atoms with E-state index in [1.54, 1.807) is 18.2 Å². The first-order chi connectivity index (χ1) is 11.4. The number of carbonyl (C=O) groups is 3. The van der Waals surface area contributed by atoms with Gasteiger partial charge in [0.05, 0.1) is 10.6 Å². The van der Waals surface area contributed by atoms with Crippen LogP contribution >= 0.6 is 23.4 Å². The summed E-state index contributed by atoms with van der Waals surface area (Å²) in [4.78, 5) is 38.1. The van der Waals surface area contributed by atoms with Crippen molar-refractivity contribution in [3.63, 3.8) is 0 Å². The van der Waals surface area contributed by atoms with Crippen molar-refractivity contribution in [1.29, 1.82) is 0 Å². The minimum absolute atomic E-state index is 0.210. The van der Waals surface area contributed by atoms with Gasteiger partial charge in [0.15, 0.2) is 6.61 Å². The van der Waals surface area contributed by atoms with E-state index in [-0.39, 0.29) is 10.6 Å². The maximum Gasteiger partial charge on any atom is 0.340 e. The molecular weight excluding hydrogens is 352 g/mol. The molecule has 1 saturated heterocycles. The zero-order valence-electron chi connectivity index (χ0n) is 13.3. The maximum absolute atomic E-state index is 12.3. The summed E-state index contributed by atoms with van der Waals surface area (Å²) in [5.74, 6) is -1.63. The van der Waals surface area contributed by atoms with Gasteiger partial charge in [0, 0.05) is 11.4 Å². The highest BCUT2D eigenvalue weighted by Gasteiger charge is 2.31. The van der Waals surface area contributed by atoms with Crippen molar-refractivity contribution in [2.45, 2.75) is 30.2 Å². The number of likely N-dealkylation sites (tertiary alicyclic amines) is 1. The van der Waals surface area contributed by atoms with Crippen LogP contribution in [0.1, 0.15) is 29.6 Å². The van der Waals surface area contributed by atoms with E-state index in [0.29, 0.717) is 13.0 Å². The highest BCUT2D eigenvalue weighted by molar-refractivity contribution is 7.98. The highest BCUT2D eigenvalue weighted by atomic mass is 35.5.